The first-order valence-electron chi connectivity index (χ1n) is 12.4. The van der Waals surface area contributed by atoms with Crippen LogP contribution in [-0.2, 0) is 26.2 Å². The Morgan fingerprint density at radius 2 is 1.74 bits per heavy atom. The minimum absolute atomic E-state index is 0.0271. The lowest BCUT2D eigenvalue weighted by Crippen LogP contribution is -2.52. The molecule has 3 rings (SSSR count). The molecular weight excluding hydrogens is 553 g/mol. The number of anilines is 1. The molecule has 0 saturated heterocycles. The topological polar surface area (TPSA) is 105 Å². The molecule has 1 aliphatic heterocycles. The van der Waals surface area contributed by atoms with Crippen LogP contribution >= 0.6 is 23.2 Å². The molecular formula is C26H33Cl2N3O6S. The first kappa shape index (κ1) is 29.9. The quantitative estimate of drug-likeness (QED) is 0.394. The zero-order valence-corrected chi connectivity index (χ0v) is 24.2. The van der Waals surface area contributed by atoms with Gasteiger partial charge in [-0.05, 0) is 49.1 Å². The molecule has 0 aliphatic carbocycles. The van der Waals surface area contributed by atoms with Crippen molar-refractivity contribution in [2.24, 2.45) is 5.92 Å². The molecule has 2 aromatic rings. The zero-order valence-electron chi connectivity index (χ0n) is 21.9. The maximum absolute atomic E-state index is 13.8. The summed E-state index contributed by atoms with van der Waals surface area (Å²) in [6.45, 7) is 7.23. The Kier molecular flexibility index (Phi) is 10.1. The van der Waals surface area contributed by atoms with E-state index in [0.717, 1.165) is 4.31 Å². The molecule has 2 amide bonds. The Bertz CT molecular complexity index is 1270. The summed E-state index contributed by atoms with van der Waals surface area (Å²) in [5.41, 5.74) is 0.909. The Morgan fingerprint density at radius 3 is 2.37 bits per heavy atom. The highest BCUT2D eigenvalue weighted by Crippen LogP contribution is 2.36. The molecule has 208 valence electrons. The third-order valence-electron chi connectivity index (χ3n) is 6.03. The van der Waals surface area contributed by atoms with Crippen molar-refractivity contribution in [2.45, 2.75) is 46.7 Å². The molecule has 1 atom stereocenters. The van der Waals surface area contributed by atoms with E-state index in [4.69, 9.17) is 32.7 Å². The van der Waals surface area contributed by atoms with Crippen molar-refractivity contribution in [3.8, 4) is 11.5 Å². The standard InChI is InChI=1S/C26H33Cl2N3O6S/c1-5-22(26(33)29-13-17(3)4)30(14-18-7-9-20(27)21(28)11-18)25(32)15-31(38(34,35)6-2)19-8-10-23-24(12-19)37-16-36-23/h7-12,17,22H,5-6,13-16H2,1-4H3,(H,29,33)/t22-/m0/s1. The van der Waals surface area contributed by atoms with E-state index in [9.17, 15) is 18.0 Å². The number of sulfonamides is 1. The second kappa shape index (κ2) is 12.9. The summed E-state index contributed by atoms with van der Waals surface area (Å²) >= 11 is 12.3. The number of halogens is 2. The average molecular weight is 587 g/mol. The predicted octanol–water partition coefficient (Wildman–Crippen LogP) is 4.46. The summed E-state index contributed by atoms with van der Waals surface area (Å²) in [4.78, 5) is 28.4. The van der Waals surface area contributed by atoms with Gasteiger partial charge in [-0.1, -0.05) is 50.0 Å². The van der Waals surface area contributed by atoms with Gasteiger partial charge in [0.05, 0.1) is 21.5 Å². The minimum atomic E-state index is -3.87. The number of nitrogens with zero attached hydrogens (tertiary/aromatic N) is 2. The summed E-state index contributed by atoms with van der Waals surface area (Å²) in [6.07, 6.45) is 0.321. The van der Waals surface area contributed by atoms with Crippen molar-refractivity contribution in [3.05, 3.63) is 52.0 Å². The summed E-state index contributed by atoms with van der Waals surface area (Å²) in [6, 6.07) is 8.80. The van der Waals surface area contributed by atoms with Crippen LogP contribution in [0.4, 0.5) is 5.69 Å². The van der Waals surface area contributed by atoms with Gasteiger partial charge in [-0.2, -0.15) is 0 Å². The molecule has 9 nitrogen and oxygen atoms in total. The van der Waals surface area contributed by atoms with Crippen molar-refractivity contribution < 1.29 is 27.5 Å². The summed E-state index contributed by atoms with van der Waals surface area (Å²) in [5, 5.41) is 3.56. The van der Waals surface area contributed by atoms with Gasteiger partial charge in [0.2, 0.25) is 28.6 Å². The molecule has 1 aliphatic rings. The third kappa shape index (κ3) is 7.24. The lowest BCUT2D eigenvalue weighted by atomic mass is 10.1. The summed E-state index contributed by atoms with van der Waals surface area (Å²) in [7, 11) is -3.87. The van der Waals surface area contributed by atoms with Gasteiger partial charge >= 0.3 is 0 Å². The number of ether oxygens (including phenoxy) is 2. The minimum Gasteiger partial charge on any atom is -0.454 e. The van der Waals surface area contributed by atoms with Crippen molar-refractivity contribution >= 4 is 50.7 Å². The van der Waals surface area contributed by atoms with Crippen LogP contribution in [0.15, 0.2) is 36.4 Å². The van der Waals surface area contributed by atoms with Gasteiger partial charge < -0.3 is 19.7 Å². The van der Waals surface area contributed by atoms with Crippen LogP contribution in [0.5, 0.6) is 11.5 Å². The van der Waals surface area contributed by atoms with Gasteiger partial charge in [0.25, 0.3) is 0 Å². The van der Waals surface area contributed by atoms with Crippen molar-refractivity contribution in [3.63, 3.8) is 0 Å². The normalized spacial score (nSPS) is 13.3. The largest absolute Gasteiger partial charge is 0.454 e. The maximum Gasteiger partial charge on any atom is 0.244 e. The third-order valence-corrected chi connectivity index (χ3v) is 8.51. The fourth-order valence-corrected chi connectivity index (χ4v) is 5.31. The Morgan fingerprint density at radius 1 is 1.03 bits per heavy atom. The molecule has 1 N–H and O–H groups in total. The van der Waals surface area contributed by atoms with Crippen LogP contribution in [0.1, 0.15) is 39.7 Å². The number of rotatable bonds is 12. The fraction of sp³-hybridized carbons (Fsp3) is 0.462. The number of benzene rings is 2. The van der Waals surface area contributed by atoms with E-state index in [1.54, 1.807) is 37.3 Å². The van der Waals surface area contributed by atoms with Gasteiger partial charge in [-0.15, -0.1) is 0 Å². The monoisotopic (exact) mass is 585 g/mol. The number of amides is 2. The van der Waals surface area contributed by atoms with Crippen molar-refractivity contribution in [1.82, 2.24) is 10.2 Å². The van der Waals surface area contributed by atoms with Crippen LogP contribution in [0.3, 0.4) is 0 Å². The van der Waals surface area contributed by atoms with Gasteiger partial charge in [-0.3, -0.25) is 13.9 Å². The molecule has 0 radical (unpaired) electrons. The first-order chi connectivity index (χ1) is 18.0. The van der Waals surface area contributed by atoms with Gasteiger partial charge in [0.1, 0.15) is 12.6 Å². The van der Waals surface area contributed by atoms with E-state index < -0.39 is 28.5 Å². The SMILES string of the molecule is CC[C@@H](C(=O)NCC(C)C)N(Cc1ccc(Cl)c(Cl)c1)C(=O)CN(c1ccc2c(c1)OCO2)S(=O)(=O)CC. The van der Waals surface area contributed by atoms with Crippen LogP contribution in [0.2, 0.25) is 10.0 Å². The van der Waals surface area contributed by atoms with Crippen molar-refractivity contribution in [2.75, 3.05) is 29.9 Å². The molecule has 0 saturated carbocycles. The second-order valence-electron chi connectivity index (χ2n) is 9.28. The number of nitrogens with one attached hydrogen (secondary N) is 1. The number of fused-ring (bicyclic) bond motifs is 1. The first-order valence-corrected chi connectivity index (χ1v) is 14.7. The van der Waals surface area contributed by atoms with Gasteiger partial charge in [0.15, 0.2) is 11.5 Å². The maximum atomic E-state index is 13.8. The fourth-order valence-electron chi connectivity index (χ4n) is 3.94. The molecule has 0 spiro atoms. The number of hydrogen-bond acceptors (Lipinski definition) is 6. The number of carbonyl (C=O) groups excluding carboxylic acids is 2. The smallest absolute Gasteiger partial charge is 0.244 e. The molecule has 0 fully saturated rings. The number of carbonyl (C=O) groups is 2. The highest BCUT2D eigenvalue weighted by atomic mass is 35.5. The summed E-state index contributed by atoms with van der Waals surface area (Å²) in [5.74, 6) is 0.00126. The van der Waals surface area contributed by atoms with Crippen LogP contribution in [-0.4, -0.2) is 56.8 Å². The van der Waals surface area contributed by atoms with Crippen LogP contribution in [0, 0.1) is 5.92 Å². The molecule has 0 aromatic heterocycles. The second-order valence-corrected chi connectivity index (χ2v) is 12.3. The van der Waals surface area contributed by atoms with Gasteiger partial charge in [0, 0.05) is 19.2 Å². The number of hydrogen-bond donors (Lipinski definition) is 1. The van der Waals surface area contributed by atoms with E-state index >= 15 is 0 Å². The highest BCUT2D eigenvalue weighted by Gasteiger charge is 2.33. The lowest BCUT2D eigenvalue weighted by molar-refractivity contribution is -0.140. The Balaban J connectivity index is 1.97. The van der Waals surface area contributed by atoms with E-state index in [1.165, 1.54) is 17.9 Å². The van der Waals surface area contributed by atoms with E-state index in [2.05, 4.69) is 5.32 Å². The predicted molar refractivity (Wildman–Crippen MR) is 148 cm³/mol. The molecule has 12 heteroatoms. The van der Waals surface area contributed by atoms with E-state index in [0.29, 0.717) is 40.1 Å². The van der Waals surface area contributed by atoms with Crippen LogP contribution < -0.4 is 19.1 Å². The molecule has 1 heterocycles. The Labute approximate surface area is 234 Å². The lowest BCUT2D eigenvalue weighted by Gasteiger charge is -2.33. The zero-order chi connectivity index (χ0) is 28.0. The van der Waals surface area contributed by atoms with Crippen LogP contribution in [0.25, 0.3) is 0 Å². The van der Waals surface area contributed by atoms with Gasteiger partial charge in [-0.25, -0.2) is 8.42 Å². The van der Waals surface area contributed by atoms with Crippen molar-refractivity contribution in [1.29, 1.82) is 0 Å². The summed E-state index contributed by atoms with van der Waals surface area (Å²) < 4.78 is 38.0. The molecule has 0 unspecified atom stereocenters. The average Bonchev–Trinajstić information content (AvgIpc) is 3.35. The highest BCUT2D eigenvalue weighted by molar-refractivity contribution is 7.92. The molecule has 38 heavy (non-hydrogen) atoms. The Hall–Kier alpha value is -2.69. The van der Waals surface area contributed by atoms with E-state index in [1.807, 2.05) is 13.8 Å². The molecule has 0 bridgehead atoms. The van der Waals surface area contributed by atoms with E-state index in [-0.39, 0.29) is 36.6 Å². The molecule has 2 aromatic carbocycles.